The van der Waals surface area contributed by atoms with Crippen molar-refractivity contribution < 1.29 is 23.9 Å². The molecule has 1 atom stereocenters. The van der Waals surface area contributed by atoms with Crippen LogP contribution in [0.4, 0.5) is 0 Å². The highest BCUT2D eigenvalue weighted by molar-refractivity contribution is 7.76. The first-order chi connectivity index (χ1) is 27.9. The lowest BCUT2D eigenvalue weighted by Gasteiger charge is -2.33. The lowest BCUT2D eigenvalue weighted by atomic mass is 10.4. The molecule has 0 aromatic rings. The highest BCUT2D eigenvalue weighted by atomic mass is 31.2. The van der Waals surface area contributed by atoms with Crippen LogP contribution in [0.1, 0.15) is 237 Å². The largest absolute Gasteiger partial charge is 0.820 e. The molecule has 0 aliphatic heterocycles. The van der Waals surface area contributed by atoms with E-state index in [0.717, 1.165) is 0 Å². The first kappa shape index (κ1) is 66.6. The Bertz CT molecular complexity index is 558. The topological polar surface area (TPSA) is 98.6 Å². The third-order valence-electron chi connectivity index (χ3n) is 12.0. The van der Waals surface area contributed by atoms with Gasteiger partial charge in [-0.2, -0.15) is 8.60 Å². The maximum atomic E-state index is 9.35. The van der Waals surface area contributed by atoms with Crippen LogP contribution >= 0.6 is 39.0 Å². The minimum absolute atomic E-state index is 0.562. The second kappa shape index (κ2) is 50.0. The summed E-state index contributed by atoms with van der Waals surface area (Å²) in [6, 6.07) is 0. The number of rotatable bonds is 38. The molecule has 5 nitrogen and oxygen atoms in total. The molecule has 0 aromatic heterocycles. The van der Waals surface area contributed by atoms with E-state index in [0.29, 0.717) is 0 Å². The Balaban J connectivity index is -0.000000348. The Hall–Kier alpha value is 1.95. The van der Waals surface area contributed by atoms with Gasteiger partial charge in [-0.15, -0.1) is 0 Å². The second-order valence-corrected chi connectivity index (χ2v) is 32.5. The average molecular weight is 921 g/mol. The standard InChI is InChI=1S/3C16H36P.HO5P2/c3*1-5-9-13-17(14-10-6-2,15-11-7-3)16-12-8-4;1-6(2)5-7(3)4/h3*5-16H2,1-4H3;1H/q3*+1;-3. The first-order valence-electron chi connectivity index (χ1n) is 25.4. The van der Waals surface area contributed by atoms with Crippen LogP contribution in [-0.4, -0.2) is 78.8 Å². The van der Waals surface area contributed by atoms with Gasteiger partial charge in [-0.1, -0.05) is 160 Å². The quantitative estimate of drug-likeness (QED) is 0.0622. The molecule has 0 spiro atoms. The summed E-state index contributed by atoms with van der Waals surface area (Å²) in [5.74, 6) is 0. The van der Waals surface area contributed by atoms with Crippen LogP contribution in [0.5, 0.6) is 0 Å². The maximum Gasteiger partial charge on any atom is 0.0802 e. The molecule has 0 bridgehead atoms. The van der Waals surface area contributed by atoms with Crippen molar-refractivity contribution in [1.82, 2.24) is 0 Å². The summed E-state index contributed by atoms with van der Waals surface area (Å²) in [5.41, 5.74) is 0. The molecule has 58 heavy (non-hydrogen) atoms. The summed E-state index contributed by atoms with van der Waals surface area (Å²) in [4.78, 5) is 35.5. The smallest absolute Gasteiger partial charge is 0.0802 e. The fourth-order valence-corrected chi connectivity index (χ4v) is 24.3. The predicted molar refractivity (Wildman–Crippen MR) is 275 cm³/mol. The van der Waals surface area contributed by atoms with Crippen molar-refractivity contribution in [3.05, 3.63) is 0 Å². The lowest BCUT2D eigenvalue weighted by Crippen LogP contribution is -2.12. The van der Waals surface area contributed by atoms with Crippen molar-refractivity contribution in [3.63, 3.8) is 0 Å². The molecule has 0 amide bonds. The molecule has 0 heterocycles. The van der Waals surface area contributed by atoms with Crippen molar-refractivity contribution in [1.29, 1.82) is 0 Å². The van der Waals surface area contributed by atoms with Gasteiger partial charge in [0, 0.05) is 21.8 Å². The van der Waals surface area contributed by atoms with Crippen LogP contribution in [-0.2, 0) is 4.31 Å². The minimum atomic E-state index is -3.17. The van der Waals surface area contributed by atoms with E-state index in [1.165, 1.54) is 154 Å². The van der Waals surface area contributed by atoms with Crippen molar-refractivity contribution in [3.8, 4) is 0 Å². The molecule has 10 heteroatoms. The van der Waals surface area contributed by atoms with E-state index in [4.69, 9.17) is 4.89 Å². The molecule has 0 fully saturated rings. The number of hydrogen-bond donors (Lipinski definition) is 1. The molecule has 1 unspecified atom stereocenters. The van der Waals surface area contributed by atoms with E-state index in [9.17, 15) is 14.7 Å². The summed E-state index contributed by atoms with van der Waals surface area (Å²) in [7, 11) is -7.85. The third-order valence-corrected chi connectivity index (χ3v) is 28.2. The van der Waals surface area contributed by atoms with Crippen molar-refractivity contribution >= 4 is 39.0 Å². The molecule has 1 N–H and O–H groups in total. The molecule has 356 valence electrons. The second-order valence-electron chi connectivity index (χ2n) is 17.5. The Kier molecular flexibility index (Phi) is 57.3. The summed E-state index contributed by atoms with van der Waals surface area (Å²) >= 11 is 0. The van der Waals surface area contributed by atoms with Gasteiger partial charge in [0.1, 0.15) is 0 Å². The SMILES string of the molecule is CCCC[P+](CCCC)(CCCC)CCCC.CCCC[P+](CCCC)(CCCC)CCCC.CCCC[P+](CCCC)(CCCC)CCCC.[O-]P([O-])OP([O-])O. The van der Waals surface area contributed by atoms with E-state index >= 15 is 0 Å². The van der Waals surface area contributed by atoms with E-state index in [1.54, 1.807) is 73.9 Å². The Morgan fingerprint density at radius 2 is 0.414 bits per heavy atom. The zero-order valence-corrected chi connectivity index (χ0v) is 46.2. The van der Waals surface area contributed by atoms with Crippen molar-refractivity contribution in [2.45, 2.75) is 237 Å². The highest BCUT2D eigenvalue weighted by Gasteiger charge is 2.36. The molecular weight excluding hydrogens is 811 g/mol. The Labute approximate surface area is 372 Å². The van der Waals surface area contributed by atoms with Gasteiger partial charge >= 0.3 is 0 Å². The molecule has 0 radical (unpaired) electrons. The molecular formula is C48H109O5P5. The summed E-state index contributed by atoms with van der Waals surface area (Å²) in [6.45, 7) is 28.3. The number of unbranched alkanes of at least 4 members (excludes halogenated alkanes) is 12. The van der Waals surface area contributed by atoms with Gasteiger partial charge in [0.05, 0.1) is 82.5 Å². The fourth-order valence-electron chi connectivity index (χ4n) is 7.99. The highest BCUT2D eigenvalue weighted by Crippen LogP contribution is 2.63. The molecule has 0 saturated heterocycles. The van der Waals surface area contributed by atoms with Gasteiger partial charge in [0.15, 0.2) is 0 Å². The Morgan fingerprint density at radius 3 is 0.466 bits per heavy atom. The Morgan fingerprint density at radius 1 is 0.293 bits per heavy atom. The van der Waals surface area contributed by atoms with E-state index < -0.39 is 39.0 Å². The van der Waals surface area contributed by atoms with Crippen LogP contribution < -0.4 is 14.7 Å². The van der Waals surface area contributed by atoms with E-state index in [2.05, 4.69) is 87.4 Å². The normalized spacial score (nSPS) is 12.4. The van der Waals surface area contributed by atoms with Crippen LogP contribution in [0.3, 0.4) is 0 Å². The summed E-state index contributed by atoms with van der Waals surface area (Å²) in [6.07, 6.45) is 53.8. The average Bonchev–Trinajstić information content (AvgIpc) is 3.22. The van der Waals surface area contributed by atoms with Crippen LogP contribution in [0.2, 0.25) is 0 Å². The molecule has 0 aliphatic rings. The summed E-state index contributed by atoms with van der Waals surface area (Å²) in [5, 5.41) is 0. The van der Waals surface area contributed by atoms with Gasteiger partial charge < -0.3 is 23.9 Å². The monoisotopic (exact) mass is 921 g/mol. The maximum absolute atomic E-state index is 9.35. The first-order valence-corrected chi connectivity index (χ1v) is 35.2. The zero-order valence-electron chi connectivity index (χ0n) is 41.8. The third kappa shape index (κ3) is 43.2. The zero-order chi connectivity index (χ0) is 44.8. The molecule has 0 aliphatic carbocycles. The van der Waals surface area contributed by atoms with Crippen molar-refractivity contribution in [2.24, 2.45) is 0 Å². The van der Waals surface area contributed by atoms with E-state index in [1.807, 2.05) is 0 Å². The summed E-state index contributed by atoms with van der Waals surface area (Å²) < 4.78 is 3.27. The molecule has 0 rings (SSSR count). The predicted octanol–water partition coefficient (Wildman–Crippen LogP) is 16.1. The van der Waals surface area contributed by atoms with E-state index in [-0.39, 0.29) is 0 Å². The minimum Gasteiger partial charge on any atom is -0.820 e. The molecule has 0 aromatic carbocycles. The number of hydrogen-bond acceptors (Lipinski definition) is 5. The van der Waals surface area contributed by atoms with Crippen LogP contribution in [0.25, 0.3) is 0 Å². The molecule has 0 saturated carbocycles. The van der Waals surface area contributed by atoms with Gasteiger partial charge in [-0.05, 0) is 77.0 Å². The van der Waals surface area contributed by atoms with Gasteiger partial charge in [-0.25, -0.2) is 0 Å². The van der Waals surface area contributed by atoms with Crippen molar-refractivity contribution in [2.75, 3.05) is 73.9 Å². The van der Waals surface area contributed by atoms with Crippen LogP contribution in [0, 0.1) is 0 Å². The van der Waals surface area contributed by atoms with Crippen LogP contribution in [0.15, 0.2) is 0 Å². The van der Waals surface area contributed by atoms with Gasteiger partial charge in [0.25, 0.3) is 0 Å². The van der Waals surface area contributed by atoms with Gasteiger partial charge in [0.2, 0.25) is 0 Å². The lowest BCUT2D eigenvalue weighted by molar-refractivity contribution is -0.315. The van der Waals surface area contributed by atoms with Gasteiger partial charge in [-0.3, -0.25) is 0 Å². The fraction of sp³-hybridized carbons (Fsp3) is 1.00.